The van der Waals surface area contributed by atoms with Gasteiger partial charge in [-0.2, -0.15) is 0 Å². The van der Waals surface area contributed by atoms with E-state index in [1.54, 1.807) is 6.92 Å². The second-order valence-electron chi connectivity index (χ2n) is 5.69. The lowest BCUT2D eigenvalue weighted by atomic mass is 10.0. The number of hydrogen-bond acceptors (Lipinski definition) is 2. The molecule has 0 aliphatic heterocycles. The third-order valence-corrected chi connectivity index (χ3v) is 4.52. The second-order valence-corrected chi connectivity index (χ2v) is 6.91. The Balaban J connectivity index is 2.12. The van der Waals surface area contributed by atoms with E-state index in [-0.39, 0.29) is 5.91 Å². The van der Waals surface area contributed by atoms with Gasteiger partial charge in [-0.25, -0.2) is 0 Å². The van der Waals surface area contributed by atoms with Crippen LogP contribution < -0.4 is 10.1 Å². The minimum Gasteiger partial charge on any atom is -0.481 e. The van der Waals surface area contributed by atoms with E-state index >= 15 is 0 Å². The Morgan fingerprint density at radius 2 is 1.62 bits per heavy atom. The number of benzene rings is 2. The Kier molecular flexibility index (Phi) is 6.39. The van der Waals surface area contributed by atoms with Crippen molar-refractivity contribution in [2.45, 2.75) is 32.8 Å². The molecule has 0 saturated heterocycles. The van der Waals surface area contributed by atoms with Gasteiger partial charge in [0.25, 0.3) is 5.91 Å². The van der Waals surface area contributed by atoms with E-state index in [0.717, 1.165) is 5.56 Å². The van der Waals surface area contributed by atoms with E-state index < -0.39 is 6.10 Å². The first-order valence-corrected chi connectivity index (χ1v) is 8.64. The molecule has 0 aliphatic carbocycles. The Bertz CT molecular complexity index is 747. The van der Waals surface area contributed by atoms with Crippen LogP contribution in [0.25, 0.3) is 0 Å². The average Bonchev–Trinajstić information content (AvgIpc) is 2.52. The molecule has 1 unspecified atom stereocenters. The Labute approximate surface area is 156 Å². The zero-order chi connectivity index (χ0) is 17.9. The zero-order valence-electron chi connectivity index (χ0n) is 13.6. The van der Waals surface area contributed by atoms with Crippen LogP contribution in [0.5, 0.6) is 5.75 Å². The van der Waals surface area contributed by atoms with Crippen molar-refractivity contribution in [3.05, 3.63) is 57.0 Å². The van der Waals surface area contributed by atoms with Crippen LogP contribution in [0.4, 0.5) is 5.69 Å². The van der Waals surface area contributed by atoms with Gasteiger partial charge in [0.2, 0.25) is 0 Å². The van der Waals surface area contributed by atoms with Crippen molar-refractivity contribution in [1.29, 1.82) is 0 Å². The van der Waals surface area contributed by atoms with Crippen molar-refractivity contribution < 1.29 is 9.53 Å². The fraction of sp³-hybridized carbons (Fsp3) is 0.278. The Hall–Kier alpha value is -1.42. The number of ether oxygens (including phenoxy) is 1. The molecule has 1 atom stereocenters. The van der Waals surface area contributed by atoms with Gasteiger partial charge in [-0.05, 0) is 36.6 Å². The maximum Gasteiger partial charge on any atom is 0.265 e. The van der Waals surface area contributed by atoms with Crippen LogP contribution in [0.1, 0.15) is 32.3 Å². The van der Waals surface area contributed by atoms with Gasteiger partial charge in [-0.1, -0.05) is 66.8 Å². The summed E-state index contributed by atoms with van der Waals surface area (Å²) in [4.78, 5) is 12.4. The summed E-state index contributed by atoms with van der Waals surface area (Å²) >= 11 is 17.9. The molecule has 1 amide bonds. The highest BCUT2D eigenvalue weighted by Gasteiger charge is 2.19. The van der Waals surface area contributed by atoms with E-state index in [1.165, 1.54) is 12.1 Å². The normalized spacial score (nSPS) is 12.1. The van der Waals surface area contributed by atoms with Crippen LogP contribution in [0, 0.1) is 0 Å². The molecule has 2 aromatic rings. The van der Waals surface area contributed by atoms with Gasteiger partial charge in [0.15, 0.2) is 6.10 Å². The highest BCUT2D eigenvalue weighted by atomic mass is 35.5. The maximum atomic E-state index is 12.4. The lowest BCUT2D eigenvalue weighted by Crippen LogP contribution is -2.30. The number of carbonyl (C=O) groups is 1. The first kappa shape index (κ1) is 18.9. The van der Waals surface area contributed by atoms with E-state index in [4.69, 9.17) is 39.5 Å². The molecule has 1 N–H and O–H groups in total. The molecule has 0 saturated carbocycles. The van der Waals surface area contributed by atoms with Gasteiger partial charge < -0.3 is 10.1 Å². The third-order valence-electron chi connectivity index (χ3n) is 3.48. The van der Waals surface area contributed by atoms with Crippen LogP contribution in [-0.2, 0) is 4.79 Å². The molecule has 128 valence electrons. The first-order valence-electron chi connectivity index (χ1n) is 7.50. The summed E-state index contributed by atoms with van der Waals surface area (Å²) in [5.74, 6) is 0.658. The van der Waals surface area contributed by atoms with Crippen molar-refractivity contribution in [2.24, 2.45) is 0 Å². The SMILES string of the molecule is CC(Oc1ccccc1C(C)C)C(=O)Nc1cc(Cl)c(Cl)cc1Cl. The summed E-state index contributed by atoms with van der Waals surface area (Å²) < 4.78 is 5.82. The van der Waals surface area contributed by atoms with Crippen molar-refractivity contribution in [2.75, 3.05) is 5.32 Å². The molecule has 0 aromatic heterocycles. The number of halogens is 3. The van der Waals surface area contributed by atoms with Crippen molar-refractivity contribution in [3.63, 3.8) is 0 Å². The quantitative estimate of drug-likeness (QED) is 0.623. The largest absolute Gasteiger partial charge is 0.481 e. The molecule has 0 fully saturated rings. The number of rotatable bonds is 5. The minimum atomic E-state index is -0.699. The molecule has 24 heavy (non-hydrogen) atoms. The van der Waals surface area contributed by atoms with Gasteiger partial charge >= 0.3 is 0 Å². The topological polar surface area (TPSA) is 38.3 Å². The molecule has 2 rings (SSSR count). The van der Waals surface area contributed by atoms with E-state index in [2.05, 4.69) is 19.2 Å². The number of amides is 1. The molecule has 3 nitrogen and oxygen atoms in total. The van der Waals surface area contributed by atoms with Gasteiger partial charge in [-0.3, -0.25) is 4.79 Å². The van der Waals surface area contributed by atoms with Crippen LogP contribution >= 0.6 is 34.8 Å². The molecule has 2 aromatic carbocycles. The number of para-hydroxylation sites is 1. The Morgan fingerprint density at radius 3 is 2.29 bits per heavy atom. The number of hydrogen-bond donors (Lipinski definition) is 1. The number of carbonyl (C=O) groups excluding carboxylic acids is 1. The average molecular weight is 387 g/mol. The van der Waals surface area contributed by atoms with Crippen LogP contribution in [-0.4, -0.2) is 12.0 Å². The van der Waals surface area contributed by atoms with Crippen molar-refractivity contribution >= 4 is 46.4 Å². The highest BCUT2D eigenvalue weighted by molar-refractivity contribution is 6.44. The lowest BCUT2D eigenvalue weighted by Gasteiger charge is -2.19. The second kappa shape index (κ2) is 8.11. The third kappa shape index (κ3) is 4.56. The fourth-order valence-corrected chi connectivity index (χ4v) is 2.76. The number of nitrogens with one attached hydrogen (secondary N) is 1. The summed E-state index contributed by atoms with van der Waals surface area (Å²) in [5, 5.41) is 3.66. The molecular formula is C18H18Cl3NO2. The predicted molar refractivity (Wildman–Crippen MR) is 101 cm³/mol. The fourth-order valence-electron chi connectivity index (χ4n) is 2.16. The summed E-state index contributed by atoms with van der Waals surface area (Å²) in [6.45, 7) is 5.82. The molecular weight excluding hydrogens is 369 g/mol. The molecule has 0 spiro atoms. The summed E-state index contributed by atoms with van der Waals surface area (Å²) in [6.07, 6.45) is -0.699. The van der Waals surface area contributed by atoms with Gasteiger partial charge in [0, 0.05) is 0 Å². The monoisotopic (exact) mass is 385 g/mol. The first-order chi connectivity index (χ1) is 11.3. The standard InChI is InChI=1S/C18H18Cl3NO2/c1-10(2)12-6-4-5-7-17(12)24-11(3)18(23)22-16-9-14(20)13(19)8-15(16)21/h4-11H,1-3H3,(H,22,23). The van der Waals surface area contributed by atoms with Crippen molar-refractivity contribution in [3.8, 4) is 5.75 Å². The molecule has 0 aliphatic rings. The van der Waals surface area contributed by atoms with Crippen LogP contribution in [0.15, 0.2) is 36.4 Å². The zero-order valence-corrected chi connectivity index (χ0v) is 15.8. The molecule has 0 radical (unpaired) electrons. The van der Waals surface area contributed by atoms with Crippen LogP contribution in [0.2, 0.25) is 15.1 Å². The smallest absolute Gasteiger partial charge is 0.265 e. The molecule has 0 heterocycles. The van der Waals surface area contributed by atoms with Crippen molar-refractivity contribution in [1.82, 2.24) is 0 Å². The van der Waals surface area contributed by atoms with Crippen LogP contribution in [0.3, 0.4) is 0 Å². The van der Waals surface area contributed by atoms with E-state index in [0.29, 0.717) is 32.4 Å². The van der Waals surface area contributed by atoms with Gasteiger partial charge in [0.05, 0.1) is 20.8 Å². The predicted octanol–water partition coefficient (Wildman–Crippen LogP) is 6.18. The van der Waals surface area contributed by atoms with E-state index in [1.807, 2.05) is 24.3 Å². The summed E-state index contributed by atoms with van der Waals surface area (Å²) in [7, 11) is 0. The van der Waals surface area contributed by atoms with Gasteiger partial charge in [-0.15, -0.1) is 0 Å². The summed E-state index contributed by atoms with van der Waals surface area (Å²) in [5.41, 5.74) is 1.44. The van der Waals surface area contributed by atoms with E-state index in [9.17, 15) is 4.79 Å². The lowest BCUT2D eigenvalue weighted by molar-refractivity contribution is -0.122. The maximum absolute atomic E-state index is 12.4. The highest BCUT2D eigenvalue weighted by Crippen LogP contribution is 2.32. The summed E-state index contributed by atoms with van der Waals surface area (Å²) in [6, 6.07) is 10.7. The molecule has 0 bridgehead atoms. The Morgan fingerprint density at radius 1 is 1.00 bits per heavy atom. The molecule has 6 heteroatoms. The number of anilines is 1. The van der Waals surface area contributed by atoms with Gasteiger partial charge in [0.1, 0.15) is 5.75 Å². The minimum absolute atomic E-state index is 0.293.